The maximum absolute atomic E-state index is 12.4. The number of anilines is 1. The van der Waals surface area contributed by atoms with Crippen LogP contribution in [0.2, 0.25) is 0 Å². The molecular formula is C15H24N4O2. The van der Waals surface area contributed by atoms with Crippen molar-refractivity contribution in [2.45, 2.75) is 70.2 Å². The number of amides is 1. The normalized spacial score (nSPS) is 28.5. The lowest BCUT2D eigenvalue weighted by Gasteiger charge is -2.39. The van der Waals surface area contributed by atoms with E-state index in [4.69, 9.17) is 4.74 Å². The third-order valence-corrected chi connectivity index (χ3v) is 4.21. The van der Waals surface area contributed by atoms with Gasteiger partial charge in [0.1, 0.15) is 5.60 Å². The fraction of sp³-hybridized carbons (Fsp3) is 0.733. The van der Waals surface area contributed by atoms with E-state index in [0.29, 0.717) is 18.1 Å². The van der Waals surface area contributed by atoms with Crippen LogP contribution in [0.1, 0.15) is 46.5 Å². The molecule has 21 heavy (non-hydrogen) atoms. The average molecular weight is 292 g/mol. The molecule has 2 bridgehead atoms. The molecular weight excluding hydrogens is 268 g/mol. The van der Waals surface area contributed by atoms with Gasteiger partial charge in [-0.25, -0.2) is 4.79 Å². The van der Waals surface area contributed by atoms with Gasteiger partial charge in [-0.15, -0.1) is 0 Å². The highest BCUT2D eigenvalue weighted by Gasteiger charge is 2.44. The first-order valence-corrected chi connectivity index (χ1v) is 7.69. The van der Waals surface area contributed by atoms with Gasteiger partial charge in [0.15, 0.2) is 0 Å². The van der Waals surface area contributed by atoms with Gasteiger partial charge < -0.3 is 15.0 Å². The number of ether oxygens (including phenoxy) is 1. The minimum Gasteiger partial charge on any atom is -0.444 e. The van der Waals surface area contributed by atoms with Crippen molar-refractivity contribution in [3.05, 3.63) is 12.4 Å². The third kappa shape index (κ3) is 3.14. The fourth-order valence-corrected chi connectivity index (χ4v) is 3.47. The summed E-state index contributed by atoms with van der Waals surface area (Å²) in [4.78, 5) is 14.3. The molecule has 2 fully saturated rings. The second-order valence-electron chi connectivity index (χ2n) is 7.07. The number of carbonyl (C=O) groups is 1. The van der Waals surface area contributed by atoms with Gasteiger partial charge in [-0.2, -0.15) is 5.10 Å². The van der Waals surface area contributed by atoms with Crippen LogP contribution in [-0.4, -0.2) is 44.9 Å². The van der Waals surface area contributed by atoms with Crippen LogP contribution in [-0.2, 0) is 4.74 Å². The maximum atomic E-state index is 12.4. The molecule has 1 aromatic heterocycles. The van der Waals surface area contributed by atoms with Gasteiger partial charge in [0.25, 0.3) is 0 Å². The van der Waals surface area contributed by atoms with Crippen LogP contribution in [0.25, 0.3) is 0 Å². The van der Waals surface area contributed by atoms with Crippen LogP contribution in [0.4, 0.5) is 10.5 Å². The van der Waals surface area contributed by atoms with Crippen molar-refractivity contribution in [3.63, 3.8) is 0 Å². The van der Waals surface area contributed by atoms with Gasteiger partial charge in [-0.1, -0.05) is 0 Å². The minimum absolute atomic E-state index is 0.156. The number of aromatic amines is 1. The second-order valence-corrected chi connectivity index (χ2v) is 7.07. The first-order chi connectivity index (χ1) is 9.92. The molecule has 0 aromatic carbocycles. The number of hydrogen-bond donors (Lipinski definition) is 2. The molecule has 0 aliphatic carbocycles. The predicted octanol–water partition coefficient (Wildman–Crippen LogP) is 2.75. The molecule has 2 aliphatic rings. The first-order valence-electron chi connectivity index (χ1n) is 7.69. The first kappa shape index (κ1) is 14.2. The van der Waals surface area contributed by atoms with Crippen molar-refractivity contribution in [2.75, 3.05) is 5.32 Å². The lowest BCUT2D eigenvalue weighted by atomic mass is 9.97. The van der Waals surface area contributed by atoms with E-state index in [1.807, 2.05) is 31.9 Å². The van der Waals surface area contributed by atoms with E-state index in [1.165, 1.54) is 0 Å². The van der Waals surface area contributed by atoms with E-state index < -0.39 is 5.60 Å². The molecule has 1 aromatic rings. The van der Waals surface area contributed by atoms with Crippen LogP contribution in [0, 0.1) is 0 Å². The highest BCUT2D eigenvalue weighted by molar-refractivity contribution is 5.69. The minimum atomic E-state index is -0.428. The number of carbonyl (C=O) groups excluding carboxylic acids is 1. The molecule has 2 unspecified atom stereocenters. The summed E-state index contributed by atoms with van der Waals surface area (Å²) < 4.78 is 5.55. The summed E-state index contributed by atoms with van der Waals surface area (Å²) >= 11 is 0. The van der Waals surface area contributed by atoms with Crippen molar-refractivity contribution < 1.29 is 9.53 Å². The Bertz CT molecular complexity index is 480. The zero-order chi connectivity index (χ0) is 15.0. The maximum Gasteiger partial charge on any atom is 0.410 e. The number of aromatic nitrogens is 2. The largest absolute Gasteiger partial charge is 0.444 e. The summed E-state index contributed by atoms with van der Waals surface area (Å²) in [6.45, 7) is 5.75. The molecule has 0 saturated carbocycles. The highest BCUT2D eigenvalue weighted by atomic mass is 16.6. The number of piperidine rings is 1. The lowest BCUT2D eigenvalue weighted by molar-refractivity contribution is 0.00684. The number of rotatable bonds is 2. The number of fused-ring (bicyclic) bond motifs is 2. The summed E-state index contributed by atoms with van der Waals surface area (Å²) in [5.41, 5.74) is 0.590. The van der Waals surface area contributed by atoms with Gasteiger partial charge in [-0.3, -0.25) is 5.10 Å². The van der Waals surface area contributed by atoms with Gasteiger partial charge in [0.2, 0.25) is 0 Å². The number of nitrogens with zero attached hydrogens (tertiary/aromatic N) is 2. The average Bonchev–Trinajstić information content (AvgIpc) is 2.94. The standard InChI is InChI=1S/C15H24N4O2/c1-15(2,3)21-14(20)19-12-4-5-13(19)7-10(6-12)18-11-8-16-17-9-11/h8-10,12-13,18H,4-7H2,1-3H3,(H,16,17). The highest BCUT2D eigenvalue weighted by Crippen LogP contribution is 2.37. The Labute approximate surface area is 125 Å². The quantitative estimate of drug-likeness (QED) is 0.879. The summed E-state index contributed by atoms with van der Waals surface area (Å²) in [7, 11) is 0. The molecule has 0 radical (unpaired) electrons. The molecule has 3 heterocycles. The van der Waals surface area contributed by atoms with Gasteiger partial charge in [0, 0.05) is 24.3 Å². The number of H-pyrrole nitrogens is 1. The molecule has 0 spiro atoms. The monoisotopic (exact) mass is 292 g/mol. The van der Waals surface area contributed by atoms with E-state index >= 15 is 0 Å². The topological polar surface area (TPSA) is 70.2 Å². The fourth-order valence-electron chi connectivity index (χ4n) is 3.47. The van der Waals surface area contributed by atoms with Crippen molar-refractivity contribution in [2.24, 2.45) is 0 Å². The zero-order valence-corrected chi connectivity index (χ0v) is 12.9. The van der Waals surface area contributed by atoms with E-state index in [1.54, 1.807) is 6.20 Å². The molecule has 2 aliphatic heterocycles. The number of hydrogen-bond acceptors (Lipinski definition) is 4. The Hall–Kier alpha value is -1.72. The Kier molecular flexibility index (Phi) is 3.55. The van der Waals surface area contributed by atoms with Crippen molar-refractivity contribution >= 4 is 11.8 Å². The Morgan fingerprint density at radius 2 is 2.05 bits per heavy atom. The van der Waals surface area contributed by atoms with Crippen molar-refractivity contribution in [1.82, 2.24) is 15.1 Å². The Morgan fingerprint density at radius 3 is 2.57 bits per heavy atom. The van der Waals surface area contributed by atoms with Crippen LogP contribution in [0.15, 0.2) is 12.4 Å². The molecule has 3 rings (SSSR count). The molecule has 1 amide bonds. The van der Waals surface area contributed by atoms with Crippen molar-refractivity contribution in [3.8, 4) is 0 Å². The summed E-state index contributed by atoms with van der Waals surface area (Å²) in [6.07, 6.45) is 7.60. The SMILES string of the molecule is CC(C)(C)OC(=O)N1C2CCC1CC(Nc1cn[nH]c1)C2. The summed E-state index contributed by atoms with van der Waals surface area (Å²) in [6, 6.07) is 0.991. The van der Waals surface area contributed by atoms with Gasteiger partial charge in [-0.05, 0) is 46.5 Å². The molecule has 2 saturated heterocycles. The summed E-state index contributed by atoms with van der Waals surface area (Å²) in [5, 5.41) is 10.3. The molecule has 116 valence electrons. The molecule has 6 heteroatoms. The lowest BCUT2D eigenvalue weighted by Crippen LogP contribution is -2.51. The van der Waals surface area contributed by atoms with Gasteiger partial charge >= 0.3 is 6.09 Å². The molecule has 6 nitrogen and oxygen atoms in total. The Morgan fingerprint density at radius 1 is 1.38 bits per heavy atom. The predicted molar refractivity (Wildman–Crippen MR) is 80.1 cm³/mol. The van der Waals surface area contributed by atoms with Crippen LogP contribution in [0.5, 0.6) is 0 Å². The van der Waals surface area contributed by atoms with E-state index in [9.17, 15) is 4.79 Å². The van der Waals surface area contributed by atoms with Crippen molar-refractivity contribution in [1.29, 1.82) is 0 Å². The summed E-state index contributed by atoms with van der Waals surface area (Å²) in [5.74, 6) is 0. The van der Waals surface area contributed by atoms with E-state index in [0.717, 1.165) is 31.4 Å². The van der Waals surface area contributed by atoms with Gasteiger partial charge in [0.05, 0.1) is 11.9 Å². The van der Waals surface area contributed by atoms with Crippen LogP contribution >= 0.6 is 0 Å². The van der Waals surface area contributed by atoms with Crippen LogP contribution in [0.3, 0.4) is 0 Å². The van der Waals surface area contributed by atoms with Crippen LogP contribution < -0.4 is 5.32 Å². The number of nitrogens with one attached hydrogen (secondary N) is 2. The molecule has 2 N–H and O–H groups in total. The third-order valence-electron chi connectivity index (χ3n) is 4.21. The smallest absolute Gasteiger partial charge is 0.410 e. The Balaban J connectivity index is 1.63. The van der Waals surface area contributed by atoms with E-state index in [-0.39, 0.29) is 6.09 Å². The van der Waals surface area contributed by atoms with E-state index in [2.05, 4.69) is 15.5 Å². The zero-order valence-electron chi connectivity index (χ0n) is 12.9. The second kappa shape index (κ2) is 5.24. The molecule has 2 atom stereocenters.